The molecule has 0 radical (unpaired) electrons. The summed E-state index contributed by atoms with van der Waals surface area (Å²) in [6, 6.07) is 23.4. The Labute approximate surface area is 190 Å². The lowest BCUT2D eigenvalue weighted by Crippen LogP contribution is -2.57. The van der Waals surface area contributed by atoms with Gasteiger partial charge in [-0.15, -0.1) is 0 Å². The number of fused-ring (bicyclic) bond motifs is 5. The molecule has 4 aromatic carbocycles. The van der Waals surface area contributed by atoms with Gasteiger partial charge in [0.1, 0.15) is 0 Å². The first kappa shape index (κ1) is 19.4. The van der Waals surface area contributed by atoms with Gasteiger partial charge in [-0.2, -0.15) is 0 Å². The molecule has 32 heavy (non-hydrogen) atoms. The van der Waals surface area contributed by atoms with Gasteiger partial charge in [0.25, 0.3) is 0 Å². The van der Waals surface area contributed by atoms with Crippen LogP contribution in [-0.4, -0.2) is 11.3 Å². The monoisotopic (exact) mass is 413 g/mol. The fraction of sp³-hybridized carbons (Fsp3) is 0.200. The normalized spacial score (nSPS) is 12.6. The second kappa shape index (κ2) is 6.62. The first-order valence-corrected chi connectivity index (χ1v) is 11.6. The molecule has 1 aliphatic rings. The predicted octanol–water partition coefficient (Wildman–Crippen LogP) is 5.46. The Hall–Kier alpha value is -3.26. The van der Waals surface area contributed by atoms with E-state index in [-0.39, 0.29) is 6.71 Å². The molecule has 0 amide bonds. The van der Waals surface area contributed by atoms with Crippen molar-refractivity contribution in [3.63, 3.8) is 0 Å². The SMILES string of the molecule is Cc1cc(C)c(B2c3cc(C)ccc3-n3c4ccc(C)cc4c4cc(C)cc2c43)c(C)c1. The van der Waals surface area contributed by atoms with E-state index < -0.39 is 0 Å². The topological polar surface area (TPSA) is 4.93 Å². The molecule has 1 aromatic heterocycles. The van der Waals surface area contributed by atoms with Gasteiger partial charge in [0.2, 0.25) is 6.71 Å². The molecule has 156 valence electrons. The van der Waals surface area contributed by atoms with Crippen molar-refractivity contribution in [2.45, 2.75) is 41.5 Å². The Morgan fingerprint density at radius 3 is 1.91 bits per heavy atom. The molecule has 1 aliphatic heterocycles. The molecular formula is C30H28BN. The van der Waals surface area contributed by atoms with E-state index in [1.54, 1.807) is 0 Å². The van der Waals surface area contributed by atoms with Gasteiger partial charge in [0.05, 0.1) is 5.52 Å². The van der Waals surface area contributed by atoms with E-state index in [1.807, 2.05) is 0 Å². The molecule has 1 nitrogen and oxygen atoms in total. The lowest BCUT2D eigenvalue weighted by molar-refractivity contribution is 1.18. The van der Waals surface area contributed by atoms with E-state index in [4.69, 9.17) is 0 Å². The van der Waals surface area contributed by atoms with Crippen LogP contribution in [0, 0.1) is 41.5 Å². The van der Waals surface area contributed by atoms with Crippen molar-refractivity contribution >= 4 is 44.9 Å². The van der Waals surface area contributed by atoms with Crippen molar-refractivity contribution in [1.82, 2.24) is 4.57 Å². The zero-order valence-corrected chi connectivity index (χ0v) is 19.8. The van der Waals surface area contributed by atoms with Crippen LogP contribution in [0.4, 0.5) is 0 Å². The Bertz CT molecular complexity index is 1560. The van der Waals surface area contributed by atoms with Gasteiger partial charge < -0.3 is 4.57 Å². The molecule has 5 aromatic rings. The van der Waals surface area contributed by atoms with Crippen LogP contribution >= 0.6 is 0 Å². The van der Waals surface area contributed by atoms with Gasteiger partial charge in [-0.25, -0.2) is 0 Å². The summed E-state index contributed by atoms with van der Waals surface area (Å²) in [5.41, 5.74) is 16.4. The van der Waals surface area contributed by atoms with Crippen LogP contribution < -0.4 is 16.4 Å². The van der Waals surface area contributed by atoms with Crippen LogP contribution in [-0.2, 0) is 0 Å². The first-order valence-electron chi connectivity index (χ1n) is 11.6. The summed E-state index contributed by atoms with van der Waals surface area (Å²) in [4.78, 5) is 0. The van der Waals surface area contributed by atoms with E-state index in [9.17, 15) is 0 Å². The van der Waals surface area contributed by atoms with Crippen molar-refractivity contribution in [2.24, 2.45) is 0 Å². The smallest absolute Gasteiger partial charge is 0.247 e. The molecule has 2 heterocycles. The summed E-state index contributed by atoms with van der Waals surface area (Å²) in [5.74, 6) is 0. The van der Waals surface area contributed by atoms with E-state index in [0.29, 0.717) is 0 Å². The van der Waals surface area contributed by atoms with Crippen LogP contribution in [0.5, 0.6) is 0 Å². The maximum atomic E-state index is 2.52. The summed E-state index contributed by atoms with van der Waals surface area (Å²) >= 11 is 0. The van der Waals surface area contributed by atoms with Crippen LogP contribution in [0.3, 0.4) is 0 Å². The minimum atomic E-state index is 0.241. The number of hydrogen-bond acceptors (Lipinski definition) is 0. The van der Waals surface area contributed by atoms with E-state index in [2.05, 4.69) is 107 Å². The highest BCUT2D eigenvalue weighted by Crippen LogP contribution is 2.34. The predicted molar refractivity (Wildman–Crippen MR) is 140 cm³/mol. The van der Waals surface area contributed by atoms with Crippen molar-refractivity contribution in [2.75, 3.05) is 0 Å². The molecule has 0 saturated carbocycles. The van der Waals surface area contributed by atoms with Gasteiger partial charge in [-0.3, -0.25) is 0 Å². The molecule has 0 saturated heterocycles. The fourth-order valence-corrected chi connectivity index (χ4v) is 6.15. The number of benzene rings is 4. The van der Waals surface area contributed by atoms with E-state index in [0.717, 1.165) is 0 Å². The third kappa shape index (κ3) is 2.59. The first-order chi connectivity index (χ1) is 15.3. The fourth-order valence-electron chi connectivity index (χ4n) is 6.15. The zero-order valence-electron chi connectivity index (χ0n) is 19.8. The number of hydrogen-bond donors (Lipinski definition) is 0. The third-order valence-corrected chi connectivity index (χ3v) is 7.26. The van der Waals surface area contributed by atoms with Crippen molar-refractivity contribution in [3.05, 3.63) is 94.0 Å². The van der Waals surface area contributed by atoms with Crippen LogP contribution in [0.15, 0.2) is 60.7 Å². The minimum Gasteiger partial charge on any atom is -0.310 e. The number of aromatic nitrogens is 1. The Kier molecular flexibility index (Phi) is 4.02. The zero-order chi connectivity index (χ0) is 22.3. The highest BCUT2D eigenvalue weighted by atomic mass is 15.0. The molecule has 0 N–H and O–H groups in total. The summed E-state index contributed by atoms with van der Waals surface area (Å²) in [6.45, 7) is 13.7. The van der Waals surface area contributed by atoms with Crippen LogP contribution in [0.2, 0.25) is 0 Å². The van der Waals surface area contributed by atoms with Crippen LogP contribution in [0.1, 0.15) is 33.4 Å². The summed E-state index contributed by atoms with van der Waals surface area (Å²) in [6.07, 6.45) is 0. The second-order valence-electron chi connectivity index (χ2n) is 9.91. The van der Waals surface area contributed by atoms with Gasteiger partial charge in [-0.05, 0) is 76.7 Å². The van der Waals surface area contributed by atoms with Crippen molar-refractivity contribution in [1.29, 1.82) is 0 Å². The Morgan fingerprint density at radius 1 is 0.562 bits per heavy atom. The molecule has 0 atom stereocenters. The minimum absolute atomic E-state index is 0.241. The summed E-state index contributed by atoms with van der Waals surface area (Å²) in [7, 11) is 0. The molecule has 6 rings (SSSR count). The maximum Gasteiger partial charge on any atom is 0.247 e. The highest BCUT2D eigenvalue weighted by molar-refractivity contribution is 6.98. The molecule has 0 aliphatic carbocycles. The summed E-state index contributed by atoms with van der Waals surface area (Å²) in [5, 5.41) is 2.73. The molecule has 0 unspecified atom stereocenters. The average Bonchev–Trinajstić information content (AvgIpc) is 3.03. The van der Waals surface area contributed by atoms with Crippen molar-refractivity contribution in [3.8, 4) is 5.69 Å². The molecule has 0 fully saturated rings. The quantitative estimate of drug-likeness (QED) is 0.315. The van der Waals surface area contributed by atoms with Gasteiger partial charge in [0, 0.05) is 22.0 Å². The number of nitrogens with zero attached hydrogens (tertiary/aromatic N) is 1. The molecule has 2 heteroatoms. The maximum absolute atomic E-state index is 2.52. The Morgan fingerprint density at radius 2 is 1.16 bits per heavy atom. The molecular weight excluding hydrogens is 385 g/mol. The Balaban J connectivity index is 1.85. The van der Waals surface area contributed by atoms with E-state index >= 15 is 0 Å². The van der Waals surface area contributed by atoms with Crippen molar-refractivity contribution < 1.29 is 0 Å². The van der Waals surface area contributed by atoms with E-state index in [1.165, 1.54) is 77.3 Å². The lowest BCUT2D eigenvalue weighted by atomic mass is 9.34. The van der Waals surface area contributed by atoms with Gasteiger partial charge in [-0.1, -0.05) is 75.2 Å². The summed E-state index contributed by atoms with van der Waals surface area (Å²) < 4.78 is 2.52. The number of aryl methyl sites for hydroxylation is 6. The van der Waals surface area contributed by atoms with Crippen LogP contribution in [0.25, 0.3) is 27.5 Å². The third-order valence-electron chi connectivity index (χ3n) is 7.26. The van der Waals surface area contributed by atoms with Gasteiger partial charge >= 0.3 is 0 Å². The lowest BCUT2D eigenvalue weighted by Gasteiger charge is -2.29. The second-order valence-corrected chi connectivity index (χ2v) is 9.91. The average molecular weight is 413 g/mol. The van der Waals surface area contributed by atoms with Gasteiger partial charge in [0.15, 0.2) is 0 Å². The highest BCUT2D eigenvalue weighted by Gasteiger charge is 2.35. The molecule has 0 bridgehead atoms. The number of rotatable bonds is 1. The molecule has 0 spiro atoms. The largest absolute Gasteiger partial charge is 0.310 e. The standard InChI is InChI=1S/C30H28BN/c1-17-7-9-27-23(13-17)24-14-20(4)16-26-30(24)32(27)28-10-8-18(2)15-25(28)31(26)29-21(5)11-19(3)12-22(29)6/h7-16H,1-6H3.